The summed E-state index contributed by atoms with van der Waals surface area (Å²) in [7, 11) is -3.84. The van der Waals surface area contributed by atoms with E-state index in [0.717, 1.165) is 10.0 Å². The molecule has 5 nitrogen and oxygen atoms in total. The predicted octanol–water partition coefficient (Wildman–Crippen LogP) is 5.46. The van der Waals surface area contributed by atoms with E-state index in [1.165, 1.54) is 24.4 Å². The van der Waals surface area contributed by atoms with Crippen molar-refractivity contribution >= 4 is 48.3 Å². The average Bonchev–Trinajstić information content (AvgIpc) is 3.12. The zero-order chi connectivity index (χ0) is 22.9. The Hall–Kier alpha value is -2.97. The number of hydrogen-bond donors (Lipinski definition) is 1. The highest BCUT2D eigenvalue weighted by Gasteiger charge is 2.23. The number of nitrogens with one attached hydrogen (secondary N) is 1. The fourth-order valence-electron chi connectivity index (χ4n) is 3.57. The van der Waals surface area contributed by atoms with E-state index in [4.69, 9.17) is 0 Å². The molecule has 0 aliphatic heterocycles. The molecule has 8 heteroatoms. The Balaban J connectivity index is 1.64. The van der Waals surface area contributed by atoms with Gasteiger partial charge in [-0.15, -0.1) is 0 Å². The van der Waals surface area contributed by atoms with Crippen LogP contribution in [0, 0.1) is 12.7 Å². The van der Waals surface area contributed by atoms with Gasteiger partial charge in [0.1, 0.15) is 12.4 Å². The van der Waals surface area contributed by atoms with E-state index in [2.05, 4.69) is 21.2 Å². The predicted molar refractivity (Wildman–Crippen MR) is 127 cm³/mol. The van der Waals surface area contributed by atoms with Crippen molar-refractivity contribution in [3.63, 3.8) is 0 Å². The molecule has 0 radical (unpaired) electrons. The number of sulfone groups is 1. The number of carbonyl (C=O) groups excluding carboxylic acids is 1. The summed E-state index contributed by atoms with van der Waals surface area (Å²) in [6.07, 6.45) is 1.45. The number of anilines is 1. The van der Waals surface area contributed by atoms with Gasteiger partial charge in [-0.25, -0.2) is 12.8 Å². The van der Waals surface area contributed by atoms with Crippen molar-refractivity contribution in [1.29, 1.82) is 0 Å². The molecule has 1 amide bonds. The zero-order valence-corrected chi connectivity index (χ0v) is 19.6. The van der Waals surface area contributed by atoms with Crippen LogP contribution in [-0.2, 0) is 26.9 Å². The van der Waals surface area contributed by atoms with Gasteiger partial charge in [-0.1, -0.05) is 52.3 Å². The Kier molecular flexibility index (Phi) is 6.17. The van der Waals surface area contributed by atoms with Gasteiger partial charge in [-0.2, -0.15) is 0 Å². The number of fused-ring (bicyclic) bond motifs is 1. The Morgan fingerprint density at radius 2 is 1.78 bits per heavy atom. The number of para-hydroxylation sites is 1. The van der Waals surface area contributed by atoms with Crippen LogP contribution in [0.2, 0.25) is 0 Å². The van der Waals surface area contributed by atoms with E-state index in [-0.39, 0.29) is 22.9 Å². The third-order valence-corrected chi connectivity index (χ3v) is 7.72. The van der Waals surface area contributed by atoms with E-state index in [0.29, 0.717) is 16.6 Å². The Morgan fingerprint density at radius 3 is 2.53 bits per heavy atom. The molecule has 1 N–H and O–H groups in total. The molecule has 3 aromatic carbocycles. The molecule has 0 saturated carbocycles. The van der Waals surface area contributed by atoms with Gasteiger partial charge >= 0.3 is 0 Å². The average molecular weight is 515 g/mol. The highest BCUT2D eigenvalue weighted by atomic mass is 79.9. The van der Waals surface area contributed by atoms with Crippen molar-refractivity contribution in [2.75, 3.05) is 5.32 Å². The molecule has 164 valence electrons. The minimum atomic E-state index is -3.84. The van der Waals surface area contributed by atoms with E-state index in [1.807, 2.05) is 19.1 Å². The summed E-state index contributed by atoms with van der Waals surface area (Å²) in [5.74, 6) is -1.31. The number of nitrogens with zero attached hydrogens (tertiary/aromatic N) is 1. The molecule has 0 fully saturated rings. The van der Waals surface area contributed by atoms with Crippen LogP contribution in [0.25, 0.3) is 10.9 Å². The van der Waals surface area contributed by atoms with Gasteiger partial charge < -0.3 is 9.88 Å². The van der Waals surface area contributed by atoms with Crippen LogP contribution in [0.1, 0.15) is 11.1 Å². The molecule has 32 heavy (non-hydrogen) atoms. The first-order chi connectivity index (χ1) is 15.2. The number of halogens is 2. The van der Waals surface area contributed by atoms with Crippen molar-refractivity contribution in [3.05, 3.63) is 94.3 Å². The SMILES string of the molecule is Cc1cc(NC(=O)Cn2cc(S(=O)(=O)Cc3ccccc3F)c3ccccc32)ccc1Br. The molecule has 0 spiro atoms. The normalized spacial score (nSPS) is 11.6. The summed E-state index contributed by atoms with van der Waals surface area (Å²) in [6.45, 7) is 1.86. The van der Waals surface area contributed by atoms with E-state index in [9.17, 15) is 17.6 Å². The summed E-state index contributed by atoms with van der Waals surface area (Å²) < 4.78 is 42.9. The lowest BCUT2D eigenvalue weighted by Gasteiger charge is -2.09. The molecular weight excluding hydrogens is 495 g/mol. The quantitative estimate of drug-likeness (QED) is 0.371. The number of amides is 1. The van der Waals surface area contributed by atoms with E-state index < -0.39 is 21.4 Å². The Morgan fingerprint density at radius 1 is 1.06 bits per heavy atom. The second kappa shape index (κ2) is 8.88. The van der Waals surface area contributed by atoms with E-state index in [1.54, 1.807) is 41.0 Å². The summed E-state index contributed by atoms with van der Waals surface area (Å²) >= 11 is 3.43. The summed E-state index contributed by atoms with van der Waals surface area (Å²) in [5.41, 5.74) is 2.35. The number of benzene rings is 3. The Bertz CT molecular complexity index is 1430. The first-order valence-electron chi connectivity index (χ1n) is 9.84. The maximum absolute atomic E-state index is 14.1. The third kappa shape index (κ3) is 4.61. The molecular formula is C24H20BrFN2O3S. The van der Waals surface area contributed by atoms with Crippen LogP contribution in [-0.4, -0.2) is 18.9 Å². The highest BCUT2D eigenvalue weighted by molar-refractivity contribution is 9.10. The molecule has 0 aliphatic rings. The second-order valence-corrected chi connectivity index (χ2v) is 10.3. The van der Waals surface area contributed by atoms with Gasteiger partial charge in [0.15, 0.2) is 9.84 Å². The molecule has 1 heterocycles. The first kappa shape index (κ1) is 22.2. The molecule has 4 rings (SSSR count). The number of rotatable bonds is 6. The van der Waals surface area contributed by atoms with Crippen molar-refractivity contribution in [2.24, 2.45) is 0 Å². The lowest BCUT2D eigenvalue weighted by molar-refractivity contribution is -0.116. The van der Waals surface area contributed by atoms with Crippen molar-refractivity contribution in [1.82, 2.24) is 4.57 Å². The minimum Gasteiger partial charge on any atom is -0.337 e. The van der Waals surface area contributed by atoms with Crippen LogP contribution >= 0.6 is 15.9 Å². The van der Waals surface area contributed by atoms with Gasteiger partial charge in [0.25, 0.3) is 0 Å². The topological polar surface area (TPSA) is 68.2 Å². The molecule has 0 bridgehead atoms. The standard InChI is InChI=1S/C24H20BrFN2O3S/c1-16-12-18(10-11-20(16)25)27-24(29)14-28-13-23(19-7-3-5-9-22(19)28)32(30,31)15-17-6-2-4-8-21(17)26/h2-13H,14-15H2,1H3,(H,27,29). The van der Waals surface area contributed by atoms with Gasteiger partial charge in [-0.3, -0.25) is 4.79 Å². The monoisotopic (exact) mass is 514 g/mol. The van der Waals surface area contributed by atoms with Gasteiger partial charge in [0.05, 0.1) is 10.6 Å². The van der Waals surface area contributed by atoms with Crippen LogP contribution in [0.15, 0.2) is 82.3 Å². The number of aromatic nitrogens is 1. The smallest absolute Gasteiger partial charge is 0.244 e. The molecule has 0 aliphatic carbocycles. The van der Waals surface area contributed by atoms with Gasteiger partial charge in [-0.05, 0) is 42.8 Å². The molecule has 1 aromatic heterocycles. The third-order valence-electron chi connectivity index (χ3n) is 5.15. The highest BCUT2D eigenvalue weighted by Crippen LogP contribution is 2.29. The Labute approximate surface area is 193 Å². The van der Waals surface area contributed by atoms with Crippen LogP contribution < -0.4 is 5.32 Å². The maximum Gasteiger partial charge on any atom is 0.244 e. The van der Waals surface area contributed by atoms with Crippen LogP contribution in [0.4, 0.5) is 10.1 Å². The van der Waals surface area contributed by atoms with Gasteiger partial charge in [0.2, 0.25) is 5.91 Å². The largest absolute Gasteiger partial charge is 0.337 e. The maximum atomic E-state index is 14.1. The van der Waals surface area contributed by atoms with Crippen molar-refractivity contribution in [3.8, 4) is 0 Å². The summed E-state index contributed by atoms with van der Waals surface area (Å²) in [4.78, 5) is 12.7. The number of hydrogen-bond acceptors (Lipinski definition) is 3. The molecule has 0 atom stereocenters. The fraction of sp³-hybridized carbons (Fsp3) is 0.125. The molecule has 0 saturated heterocycles. The molecule has 0 unspecified atom stereocenters. The summed E-state index contributed by atoms with van der Waals surface area (Å²) in [6, 6.07) is 18.3. The second-order valence-electron chi connectivity index (χ2n) is 7.50. The van der Waals surface area contributed by atoms with Crippen LogP contribution in [0.5, 0.6) is 0 Å². The lowest BCUT2D eigenvalue weighted by atomic mass is 10.2. The van der Waals surface area contributed by atoms with Crippen molar-refractivity contribution in [2.45, 2.75) is 24.1 Å². The number of carbonyl (C=O) groups is 1. The summed E-state index contributed by atoms with van der Waals surface area (Å²) in [5, 5.41) is 3.34. The zero-order valence-electron chi connectivity index (χ0n) is 17.2. The molecule has 4 aromatic rings. The minimum absolute atomic E-state index is 0.0646. The van der Waals surface area contributed by atoms with Gasteiger partial charge in [0, 0.05) is 32.8 Å². The lowest BCUT2D eigenvalue weighted by Crippen LogP contribution is -2.18. The number of aryl methyl sites for hydroxylation is 1. The van der Waals surface area contributed by atoms with Crippen LogP contribution in [0.3, 0.4) is 0 Å². The first-order valence-corrected chi connectivity index (χ1v) is 12.3. The van der Waals surface area contributed by atoms with Crippen molar-refractivity contribution < 1.29 is 17.6 Å². The van der Waals surface area contributed by atoms with E-state index >= 15 is 0 Å². The fourth-order valence-corrected chi connectivity index (χ4v) is 5.41.